The van der Waals surface area contributed by atoms with Crippen molar-refractivity contribution in [3.8, 4) is 0 Å². The highest BCUT2D eigenvalue weighted by Crippen LogP contribution is 2.32. The third-order valence-corrected chi connectivity index (χ3v) is 4.64. The van der Waals surface area contributed by atoms with Crippen LogP contribution in [0.1, 0.15) is 39.0 Å². The van der Waals surface area contributed by atoms with Gasteiger partial charge in [-0.2, -0.15) is 5.10 Å². The maximum atomic E-state index is 12.4. The van der Waals surface area contributed by atoms with Gasteiger partial charge in [-0.05, 0) is 25.8 Å². The highest BCUT2D eigenvalue weighted by atomic mass is 16.3. The molecular formula is C18H23N3O3. The van der Waals surface area contributed by atoms with Crippen LogP contribution in [0.4, 0.5) is 0 Å². The summed E-state index contributed by atoms with van der Waals surface area (Å²) in [5.41, 5.74) is -1.02. The average Bonchev–Trinajstić information content (AvgIpc) is 2.96. The van der Waals surface area contributed by atoms with Gasteiger partial charge in [0, 0.05) is 11.4 Å². The minimum absolute atomic E-state index is 0.122. The molecule has 0 radical (unpaired) electrons. The number of carbonyl (C=O) groups is 1. The van der Waals surface area contributed by atoms with E-state index in [2.05, 4.69) is 10.4 Å². The summed E-state index contributed by atoms with van der Waals surface area (Å²) in [5, 5.41) is 18.8. The number of hydrogen-bond acceptors (Lipinski definition) is 4. The number of aromatic nitrogens is 2. The van der Waals surface area contributed by atoms with Gasteiger partial charge in [0.15, 0.2) is 0 Å². The molecule has 2 N–H and O–H groups in total. The summed E-state index contributed by atoms with van der Waals surface area (Å²) in [7, 11) is 0. The lowest BCUT2D eigenvalue weighted by Crippen LogP contribution is -2.42. The van der Waals surface area contributed by atoms with Crippen LogP contribution in [0, 0.1) is 0 Å². The third-order valence-electron chi connectivity index (χ3n) is 4.64. The van der Waals surface area contributed by atoms with Crippen molar-refractivity contribution in [2.24, 2.45) is 0 Å². The Labute approximate surface area is 140 Å². The van der Waals surface area contributed by atoms with Crippen LogP contribution in [-0.2, 0) is 11.3 Å². The van der Waals surface area contributed by atoms with Crippen LogP contribution in [0.25, 0.3) is 10.8 Å². The van der Waals surface area contributed by atoms with Crippen molar-refractivity contribution in [1.29, 1.82) is 0 Å². The predicted molar refractivity (Wildman–Crippen MR) is 91.6 cm³/mol. The van der Waals surface area contributed by atoms with Crippen molar-refractivity contribution in [2.75, 3.05) is 0 Å². The second kappa shape index (κ2) is 6.73. The minimum atomic E-state index is -0.859. The van der Waals surface area contributed by atoms with Crippen LogP contribution in [0.15, 0.2) is 35.3 Å². The van der Waals surface area contributed by atoms with Crippen molar-refractivity contribution < 1.29 is 9.90 Å². The molecule has 6 heteroatoms. The summed E-state index contributed by atoms with van der Waals surface area (Å²) in [6.45, 7) is 2.13. The monoisotopic (exact) mass is 329 g/mol. The first-order valence-corrected chi connectivity index (χ1v) is 8.43. The fourth-order valence-corrected chi connectivity index (χ4v) is 3.40. The summed E-state index contributed by atoms with van der Waals surface area (Å²) in [4.78, 5) is 24.6. The molecule has 0 spiro atoms. The number of rotatable bonds is 5. The predicted octanol–water partition coefficient (Wildman–Crippen LogP) is 1.60. The molecule has 1 aromatic heterocycles. The molecule has 1 unspecified atom stereocenters. The van der Waals surface area contributed by atoms with Gasteiger partial charge in [-0.25, -0.2) is 4.68 Å². The molecule has 3 rings (SSSR count). The van der Waals surface area contributed by atoms with Gasteiger partial charge >= 0.3 is 0 Å². The van der Waals surface area contributed by atoms with Gasteiger partial charge in [-0.15, -0.1) is 0 Å². The van der Waals surface area contributed by atoms with Crippen LogP contribution in [-0.4, -0.2) is 32.4 Å². The zero-order valence-electron chi connectivity index (χ0n) is 13.9. The molecule has 1 amide bonds. The SMILES string of the molecule is CC(Cn1ncc2ccccc2c1=O)NC(=O)CC1(O)CCCC1. The molecular weight excluding hydrogens is 306 g/mol. The van der Waals surface area contributed by atoms with Crippen LogP contribution in [0.5, 0.6) is 0 Å². The molecule has 1 aromatic carbocycles. The number of carbonyl (C=O) groups excluding carboxylic acids is 1. The fourth-order valence-electron chi connectivity index (χ4n) is 3.40. The molecule has 1 saturated carbocycles. The van der Waals surface area contributed by atoms with E-state index >= 15 is 0 Å². The van der Waals surface area contributed by atoms with Crippen molar-refractivity contribution in [3.05, 3.63) is 40.8 Å². The van der Waals surface area contributed by atoms with E-state index in [1.165, 1.54) is 4.68 Å². The first-order chi connectivity index (χ1) is 11.5. The second-order valence-corrected chi connectivity index (χ2v) is 6.80. The zero-order valence-corrected chi connectivity index (χ0v) is 13.9. The number of fused-ring (bicyclic) bond motifs is 1. The summed E-state index contributed by atoms with van der Waals surface area (Å²) in [6, 6.07) is 7.07. The van der Waals surface area contributed by atoms with Gasteiger partial charge in [0.05, 0.1) is 30.1 Å². The first-order valence-electron chi connectivity index (χ1n) is 8.43. The van der Waals surface area contributed by atoms with Crippen molar-refractivity contribution in [2.45, 2.75) is 57.2 Å². The van der Waals surface area contributed by atoms with E-state index in [0.717, 1.165) is 18.2 Å². The van der Waals surface area contributed by atoms with E-state index in [-0.39, 0.29) is 23.9 Å². The van der Waals surface area contributed by atoms with Gasteiger partial charge in [0.1, 0.15) is 0 Å². The topological polar surface area (TPSA) is 84.2 Å². The number of aliphatic hydroxyl groups is 1. The smallest absolute Gasteiger partial charge is 0.274 e. The Hall–Kier alpha value is -2.21. The van der Waals surface area contributed by atoms with Crippen LogP contribution < -0.4 is 10.9 Å². The molecule has 24 heavy (non-hydrogen) atoms. The molecule has 128 valence electrons. The highest BCUT2D eigenvalue weighted by Gasteiger charge is 2.33. The first kappa shape index (κ1) is 16.6. The second-order valence-electron chi connectivity index (χ2n) is 6.80. The Balaban J connectivity index is 1.64. The molecule has 0 aliphatic heterocycles. The van der Waals surface area contributed by atoms with Gasteiger partial charge in [-0.1, -0.05) is 31.0 Å². The van der Waals surface area contributed by atoms with E-state index in [1.54, 1.807) is 12.3 Å². The van der Waals surface area contributed by atoms with Crippen LogP contribution in [0.3, 0.4) is 0 Å². The van der Waals surface area contributed by atoms with E-state index in [9.17, 15) is 14.7 Å². The normalized spacial score (nSPS) is 17.8. The van der Waals surface area contributed by atoms with Crippen molar-refractivity contribution >= 4 is 16.7 Å². The summed E-state index contributed by atoms with van der Waals surface area (Å²) in [6.07, 6.45) is 5.08. The number of hydrogen-bond donors (Lipinski definition) is 2. The Morgan fingerprint density at radius 2 is 2.08 bits per heavy atom. The molecule has 1 aliphatic carbocycles. The van der Waals surface area contributed by atoms with Crippen LogP contribution >= 0.6 is 0 Å². The molecule has 0 saturated heterocycles. The summed E-state index contributed by atoms with van der Waals surface area (Å²) in [5.74, 6) is -0.180. The number of amides is 1. The van der Waals surface area contributed by atoms with E-state index in [1.807, 2.05) is 25.1 Å². The molecule has 2 aromatic rings. The maximum Gasteiger partial charge on any atom is 0.274 e. The van der Waals surface area contributed by atoms with E-state index in [0.29, 0.717) is 24.8 Å². The zero-order chi connectivity index (χ0) is 17.2. The Kier molecular flexibility index (Phi) is 4.66. The standard InChI is InChI=1S/C18H23N3O3/c1-13(20-16(22)10-18(24)8-4-5-9-18)12-21-17(23)15-7-3-2-6-14(15)11-19-21/h2-3,6-7,11,13,24H,4-5,8-10,12H2,1H3,(H,20,22). The molecule has 1 aliphatic rings. The third kappa shape index (κ3) is 3.64. The summed E-state index contributed by atoms with van der Waals surface area (Å²) >= 11 is 0. The quantitative estimate of drug-likeness (QED) is 0.872. The van der Waals surface area contributed by atoms with Crippen molar-refractivity contribution in [3.63, 3.8) is 0 Å². The molecule has 1 heterocycles. The number of nitrogens with one attached hydrogen (secondary N) is 1. The lowest BCUT2D eigenvalue weighted by Gasteiger charge is -2.23. The number of nitrogens with zero attached hydrogens (tertiary/aromatic N) is 2. The van der Waals surface area contributed by atoms with Gasteiger partial charge in [-0.3, -0.25) is 9.59 Å². The maximum absolute atomic E-state index is 12.4. The molecule has 1 fully saturated rings. The lowest BCUT2D eigenvalue weighted by molar-refractivity contribution is -0.126. The fraction of sp³-hybridized carbons (Fsp3) is 0.500. The van der Waals surface area contributed by atoms with Gasteiger partial charge < -0.3 is 10.4 Å². The van der Waals surface area contributed by atoms with Crippen LogP contribution in [0.2, 0.25) is 0 Å². The Morgan fingerprint density at radius 1 is 1.38 bits per heavy atom. The highest BCUT2D eigenvalue weighted by molar-refractivity contribution is 5.80. The minimum Gasteiger partial charge on any atom is -0.389 e. The molecule has 0 bridgehead atoms. The van der Waals surface area contributed by atoms with Gasteiger partial charge in [0.25, 0.3) is 5.56 Å². The van der Waals surface area contributed by atoms with Gasteiger partial charge in [0.2, 0.25) is 5.91 Å². The Morgan fingerprint density at radius 3 is 2.83 bits per heavy atom. The number of benzene rings is 1. The van der Waals surface area contributed by atoms with E-state index < -0.39 is 5.60 Å². The van der Waals surface area contributed by atoms with E-state index in [4.69, 9.17) is 0 Å². The van der Waals surface area contributed by atoms with Crippen molar-refractivity contribution in [1.82, 2.24) is 15.1 Å². The summed E-state index contributed by atoms with van der Waals surface area (Å²) < 4.78 is 1.37. The molecule has 6 nitrogen and oxygen atoms in total. The largest absolute Gasteiger partial charge is 0.389 e. The lowest BCUT2D eigenvalue weighted by atomic mass is 9.97. The molecule has 1 atom stereocenters. The Bertz CT molecular complexity index is 793. The average molecular weight is 329 g/mol.